The van der Waals surface area contributed by atoms with E-state index in [1.54, 1.807) is 7.11 Å². The molecular formula is C33H37Br2NO4. The number of halogens is 2. The highest BCUT2D eigenvalue weighted by atomic mass is 79.9. The Morgan fingerprint density at radius 2 is 1.50 bits per heavy atom. The summed E-state index contributed by atoms with van der Waals surface area (Å²) in [6.45, 7) is 6.71. The highest BCUT2D eigenvalue weighted by molar-refractivity contribution is 9.10. The van der Waals surface area contributed by atoms with Gasteiger partial charge in [0.15, 0.2) is 12.3 Å². The lowest BCUT2D eigenvalue weighted by atomic mass is 9.75. The summed E-state index contributed by atoms with van der Waals surface area (Å²) < 4.78 is 20.5. The summed E-state index contributed by atoms with van der Waals surface area (Å²) in [7, 11) is 1.66. The van der Waals surface area contributed by atoms with Gasteiger partial charge in [0, 0.05) is 20.2 Å². The van der Waals surface area contributed by atoms with Crippen LogP contribution in [-0.4, -0.2) is 25.3 Å². The third kappa shape index (κ3) is 6.27. The van der Waals surface area contributed by atoms with Crippen LogP contribution in [0.4, 0.5) is 5.69 Å². The van der Waals surface area contributed by atoms with Crippen LogP contribution in [0.1, 0.15) is 63.4 Å². The van der Waals surface area contributed by atoms with Crippen molar-refractivity contribution in [2.75, 3.05) is 12.0 Å². The predicted octanol–water partition coefficient (Wildman–Crippen LogP) is 8.87. The number of carbonyl (C=O) groups is 1. The second kappa shape index (κ2) is 12.7. The molecule has 3 aromatic carbocycles. The number of methoxy groups -OCH3 is 1. The van der Waals surface area contributed by atoms with Crippen molar-refractivity contribution in [3.8, 4) is 5.75 Å². The summed E-state index contributed by atoms with van der Waals surface area (Å²) in [5.41, 5.74) is 2.88. The summed E-state index contributed by atoms with van der Waals surface area (Å²) in [5.74, 6) is 1.81. The molecule has 2 fully saturated rings. The average molecular weight is 671 g/mol. The lowest BCUT2D eigenvalue weighted by Crippen LogP contribution is -2.40. The summed E-state index contributed by atoms with van der Waals surface area (Å²) in [4.78, 5) is 16.3. The van der Waals surface area contributed by atoms with Gasteiger partial charge >= 0.3 is 5.97 Å². The number of hydrogen-bond donors (Lipinski definition) is 0. The number of hydrogen-bond acceptors (Lipinski definition) is 5. The molecule has 0 N–H and O–H groups in total. The minimum Gasteiger partial charge on any atom is -0.497 e. The van der Waals surface area contributed by atoms with E-state index in [0.717, 1.165) is 44.4 Å². The van der Waals surface area contributed by atoms with Crippen molar-refractivity contribution in [1.29, 1.82) is 0 Å². The lowest BCUT2D eigenvalue weighted by molar-refractivity contribution is -0.169. The SMILES string of the molecule is COc1ccc(N2[C@@H](c3ccc(Br)cc3)O[C@H](C(=O)O[C@@H]3C[C@H](C)CC[C@H]3C(C)C)[C@@H]2c2ccc(Br)cc2)cc1. The van der Waals surface area contributed by atoms with Gasteiger partial charge in [-0.3, -0.25) is 0 Å². The zero-order chi connectivity index (χ0) is 28.4. The second-order valence-electron chi connectivity index (χ2n) is 11.4. The van der Waals surface area contributed by atoms with Crippen LogP contribution >= 0.6 is 31.9 Å². The third-order valence-corrected chi connectivity index (χ3v) is 9.37. The molecule has 0 amide bonds. The molecule has 3 aromatic rings. The molecule has 40 heavy (non-hydrogen) atoms. The van der Waals surface area contributed by atoms with Gasteiger partial charge in [0.05, 0.1) is 13.2 Å². The van der Waals surface area contributed by atoms with Gasteiger partial charge in [0.25, 0.3) is 0 Å². The van der Waals surface area contributed by atoms with E-state index in [9.17, 15) is 4.79 Å². The maximum atomic E-state index is 14.1. The van der Waals surface area contributed by atoms with Gasteiger partial charge in [-0.1, -0.05) is 83.3 Å². The lowest BCUT2D eigenvalue weighted by Gasteiger charge is -2.37. The Balaban J connectivity index is 1.56. The fourth-order valence-electron chi connectivity index (χ4n) is 6.13. The fourth-order valence-corrected chi connectivity index (χ4v) is 6.66. The molecule has 212 valence electrons. The molecule has 6 atom stereocenters. The minimum absolute atomic E-state index is 0.105. The largest absolute Gasteiger partial charge is 0.497 e. The molecule has 5 nitrogen and oxygen atoms in total. The minimum atomic E-state index is -0.804. The van der Waals surface area contributed by atoms with Gasteiger partial charge in [-0.25, -0.2) is 4.79 Å². The molecule has 5 rings (SSSR count). The predicted molar refractivity (Wildman–Crippen MR) is 165 cm³/mol. The molecule has 7 heteroatoms. The molecule has 0 spiro atoms. The van der Waals surface area contributed by atoms with Gasteiger partial charge in [-0.05, 0) is 84.7 Å². The second-order valence-corrected chi connectivity index (χ2v) is 13.2. The van der Waals surface area contributed by atoms with Crippen LogP contribution in [0.15, 0.2) is 81.7 Å². The van der Waals surface area contributed by atoms with E-state index >= 15 is 0 Å². The first-order valence-corrected chi connectivity index (χ1v) is 15.6. The van der Waals surface area contributed by atoms with Crippen molar-refractivity contribution >= 4 is 43.5 Å². The molecule has 0 bridgehead atoms. The molecule has 0 unspecified atom stereocenters. The molecule has 1 heterocycles. The number of benzene rings is 3. The number of rotatable bonds is 7. The molecule has 0 radical (unpaired) electrons. The monoisotopic (exact) mass is 669 g/mol. The van der Waals surface area contributed by atoms with Crippen LogP contribution in [0, 0.1) is 17.8 Å². The van der Waals surface area contributed by atoms with E-state index in [4.69, 9.17) is 14.2 Å². The Morgan fingerprint density at radius 1 is 0.900 bits per heavy atom. The fraction of sp³-hybridized carbons (Fsp3) is 0.424. The maximum absolute atomic E-state index is 14.1. The first kappa shape index (κ1) is 29.2. The Bertz CT molecular complexity index is 1280. The van der Waals surface area contributed by atoms with Crippen molar-refractivity contribution in [1.82, 2.24) is 0 Å². The van der Waals surface area contributed by atoms with Crippen LogP contribution in [0.5, 0.6) is 5.75 Å². The Hall–Kier alpha value is -2.35. The first-order chi connectivity index (χ1) is 19.2. The van der Waals surface area contributed by atoms with Crippen molar-refractivity contribution in [3.05, 3.63) is 92.9 Å². The van der Waals surface area contributed by atoms with Crippen LogP contribution in [0.3, 0.4) is 0 Å². The standard InChI is InChI=1S/C33H37Br2NO4/c1-20(2)28-18-5-21(3)19-29(28)39-33(37)31-30(22-6-10-24(34)11-7-22)36(26-14-16-27(38-4)17-15-26)32(40-31)23-8-12-25(35)13-9-23/h6-17,20-21,28-32H,5,18-19H2,1-4H3/t21-,28+,29-,30+,31+,32-/m1/s1. The number of nitrogens with zero attached hydrogens (tertiary/aromatic N) is 1. The number of ether oxygens (including phenoxy) is 3. The van der Waals surface area contributed by atoms with E-state index in [1.807, 2.05) is 60.7 Å². The van der Waals surface area contributed by atoms with Crippen LogP contribution in [-0.2, 0) is 14.3 Å². The third-order valence-electron chi connectivity index (χ3n) is 8.31. The smallest absolute Gasteiger partial charge is 0.338 e. The molecule has 0 aromatic heterocycles. The van der Waals surface area contributed by atoms with E-state index in [0.29, 0.717) is 17.8 Å². The van der Waals surface area contributed by atoms with E-state index in [1.165, 1.54) is 6.42 Å². The van der Waals surface area contributed by atoms with Crippen molar-refractivity contribution < 1.29 is 19.0 Å². The summed E-state index contributed by atoms with van der Waals surface area (Å²) in [6, 6.07) is 23.7. The van der Waals surface area contributed by atoms with Crippen LogP contribution < -0.4 is 9.64 Å². The van der Waals surface area contributed by atoms with E-state index < -0.39 is 12.3 Å². The number of anilines is 1. The van der Waals surface area contributed by atoms with Crippen molar-refractivity contribution in [2.45, 2.75) is 64.5 Å². The summed E-state index contributed by atoms with van der Waals surface area (Å²) in [5, 5.41) is 0. The Morgan fingerprint density at radius 3 is 2.08 bits per heavy atom. The molecular weight excluding hydrogens is 634 g/mol. The molecule has 2 aliphatic rings. The highest BCUT2D eigenvalue weighted by Crippen LogP contribution is 2.47. The Labute approximate surface area is 254 Å². The van der Waals surface area contributed by atoms with Crippen molar-refractivity contribution in [2.24, 2.45) is 17.8 Å². The Kier molecular flexibility index (Phi) is 9.23. The van der Waals surface area contributed by atoms with Crippen LogP contribution in [0.25, 0.3) is 0 Å². The maximum Gasteiger partial charge on any atom is 0.338 e. The van der Waals surface area contributed by atoms with Gasteiger partial charge in [0.1, 0.15) is 11.9 Å². The normalized spacial score (nSPS) is 26.6. The molecule has 1 saturated heterocycles. The highest BCUT2D eigenvalue weighted by Gasteiger charge is 2.49. The topological polar surface area (TPSA) is 48.0 Å². The van der Waals surface area contributed by atoms with Gasteiger partial charge < -0.3 is 19.1 Å². The quantitative estimate of drug-likeness (QED) is 0.235. The van der Waals surface area contributed by atoms with Gasteiger partial charge in [-0.15, -0.1) is 0 Å². The van der Waals surface area contributed by atoms with Crippen molar-refractivity contribution in [3.63, 3.8) is 0 Å². The average Bonchev–Trinajstić information content (AvgIpc) is 3.34. The van der Waals surface area contributed by atoms with E-state index in [-0.39, 0.29) is 18.1 Å². The molecule has 1 aliphatic heterocycles. The summed E-state index contributed by atoms with van der Waals surface area (Å²) >= 11 is 7.12. The van der Waals surface area contributed by atoms with Gasteiger partial charge in [-0.2, -0.15) is 0 Å². The molecule has 1 saturated carbocycles. The van der Waals surface area contributed by atoms with Crippen LogP contribution in [0.2, 0.25) is 0 Å². The summed E-state index contributed by atoms with van der Waals surface area (Å²) in [6.07, 6.45) is 1.75. The van der Waals surface area contributed by atoms with Gasteiger partial charge in [0.2, 0.25) is 0 Å². The first-order valence-electron chi connectivity index (χ1n) is 14.0. The zero-order valence-corrected chi connectivity index (χ0v) is 26.6. The van der Waals surface area contributed by atoms with E-state index in [2.05, 4.69) is 69.7 Å². The molecule has 1 aliphatic carbocycles. The number of carbonyl (C=O) groups excluding carboxylic acids is 1. The zero-order valence-electron chi connectivity index (χ0n) is 23.4. The number of esters is 1.